The highest BCUT2D eigenvalue weighted by molar-refractivity contribution is 5.59. The van der Waals surface area contributed by atoms with Gasteiger partial charge in [0.25, 0.3) is 0 Å². The fourth-order valence-corrected chi connectivity index (χ4v) is 0.656. The molecule has 0 aliphatic carbocycles. The zero-order chi connectivity index (χ0) is 5.11. The summed E-state index contributed by atoms with van der Waals surface area (Å²) >= 11 is 0. The van der Waals surface area contributed by atoms with Gasteiger partial charge in [0.15, 0.2) is 0 Å². The average Bonchev–Trinajstić information content (AvgIpc) is 1.69. The molecule has 0 bridgehead atoms. The minimum absolute atomic E-state index is 1.03. The van der Waals surface area contributed by atoms with E-state index in [0.29, 0.717) is 0 Å². The van der Waals surface area contributed by atoms with Crippen molar-refractivity contribution < 1.29 is 0 Å². The lowest BCUT2D eigenvalue weighted by molar-refractivity contribution is 0.827. The van der Waals surface area contributed by atoms with Crippen LogP contribution >= 0.6 is 0 Å². The molecule has 0 aromatic heterocycles. The van der Waals surface area contributed by atoms with E-state index < -0.39 is 0 Å². The number of allylic oxidation sites excluding steroid dienone is 1. The van der Waals surface area contributed by atoms with E-state index in [1.54, 1.807) is 0 Å². The summed E-state index contributed by atoms with van der Waals surface area (Å²) in [6.45, 7) is 3.72. The third kappa shape index (κ3) is 1.15. The van der Waals surface area contributed by atoms with Gasteiger partial charge in [0, 0.05) is 11.9 Å². The molecular weight excluding hydrogens is 86.1 g/mol. The van der Waals surface area contributed by atoms with E-state index in [-0.39, 0.29) is 0 Å². The van der Waals surface area contributed by atoms with Crippen LogP contribution < -0.4 is 0 Å². The van der Waals surface area contributed by atoms with E-state index in [1.807, 2.05) is 6.21 Å². The van der Waals surface area contributed by atoms with E-state index in [4.69, 9.17) is 0 Å². The van der Waals surface area contributed by atoms with Crippen LogP contribution in [0.3, 0.4) is 0 Å². The highest BCUT2D eigenvalue weighted by atomic mass is 14.7. The Kier molecular flexibility index (Phi) is 1.25. The average molecular weight is 95.1 g/mol. The van der Waals surface area contributed by atoms with Gasteiger partial charge < -0.3 is 0 Å². The lowest BCUT2D eigenvalue weighted by atomic mass is 10.2. The topological polar surface area (TPSA) is 12.4 Å². The van der Waals surface area contributed by atoms with Gasteiger partial charge in [-0.05, 0) is 19.3 Å². The molecule has 7 heavy (non-hydrogen) atoms. The molecule has 1 nitrogen and oxygen atoms in total. The molecule has 0 aromatic rings. The van der Waals surface area contributed by atoms with Gasteiger partial charge in [0.05, 0.1) is 0 Å². The molecule has 0 amide bonds. The first-order valence-corrected chi connectivity index (χ1v) is 2.60. The van der Waals surface area contributed by atoms with Crippen molar-refractivity contribution in [2.75, 3.05) is 0 Å². The number of hydrogen-bond acceptors (Lipinski definition) is 1. The zero-order valence-electron chi connectivity index (χ0n) is 4.35. The van der Waals surface area contributed by atoms with Gasteiger partial charge in [-0.25, -0.2) is 0 Å². The largest absolute Gasteiger partial charge is 0.266 e. The van der Waals surface area contributed by atoms with Crippen LogP contribution in [0.5, 0.6) is 0 Å². The van der Waals surface area contributed by atoms with Crippen LogP contribution in [0.4, 0.5) is 0 Å². The van der Waals surface area contributed by atoms with Gasteiger partial charge in [-0.1, -0.05) is 6.58 Å². The van der Waals surface area contributed by atoms with Crippen molar-refractivity contribution >= 4 is 6.21 Å². The second-order valence-electron chi connectivity index (χ2n) is 1.77. The SMILES string of the molecule is C=C1CCCC=N1. The molecule has 0 aromatic carbocycles. The summed E-state index contributed by atoms with van der Waals surface area (Å²) in [6.07, 6.45) is 5.41. The van der Waals surface area contributed by atoms with Crippen LogP contribution in [0.25, 0.3) is 0 Å². The Morgan fingerprint density at radius 3 is 2.86 bits per heavy atom. The minimum Gasteiger partial charge on any atom is -0.266 e. The predicted molar refractivity (Wildman–Crippen MR) is 31.5 cm³/mol. The Bertz CT molecular complexity index is 103. The van der Waals surface area contributed by atoms with Crippen LogP contribution in [-0.2, 0) is 0 Å². The lowest BCUT2D eigenvalue weighted by Crippen LogP contribution is -1.87. The van der Waals surface area contributed by atoms with Crippen molar-refractivity contribution in [3.63, 3.8) is 0 Å². The molecule has 1 aliphatic rings. The van der Waals surface area contributed by atoms with Gasteiger partial charge in [-0.3, -0.25) is 4.99 Å². The fraction of sp³-hybridized carbons (Fsp3) is 0.500. The maximum atomic E-state index is 4.01. The molecule has 0 spiro atoms. The van der Waals surface area contributed by atoms with Crippen molar-refractivity contribution in [3.8, 4) is 0 Å². The van der Waals surface area contributed by atoms with Crippen molar-refractivity contribution in [3.05, 3.63) is 12.3 Å². The second kappa shape index (κ2) is 1.92. The number of nitrogens with zero attached hydrogens (tertiary/aromatic N) is 1. The molecule has 0 fully saturated rings. The van der Waals surface area contributed by atoms with Crippen molar-refractivity contribution in [1.82, 2.24) is 0 Å². The molecule has 1 heterocycles. The summed E-state index contributed by atoms with van der Waals surface area (Å²) in [7, 11) is 0. The molecule has 0 saturated carbocycles. The summed E-state index contributed by atoms with van der Waals surface area (Å²) in [4.78, 5) is 4.01. The van der Waals surface area contributed by atoms with Crippen molar-refractivity contribution in [2.24, 2.45) is 4.99 Å². The van der Waals surface area contributed by atoms with Gasteiger partial charge >= 0.3 is 0 Å². The summed E-state index contributed by atoms with van der Waals surface area (Å²) < 4.78 is 0. The highest BCUT2D eigenvalue weighted by Crippen LogP contribution is 2.09. The van der Waals surface area contributed by atoms with E-state index in [2.05, 4.69) is 11.6 Å². The van der Waals surface area contributed by atoms with Gasteiger partial charge in [-0.2, -0.15) is 0 Å². The fourth-order valence-electron chi connectivity index (χ4n) is 0.656. The summed E-state index contributed by atoms with van der Waals surface area (Å²) in [6, 6.07) is 0. The second-order valence-corrected chi connectivity index (χ2v) is 1.77. The zero-order valence-corrected chi connectivity index (χ0v) is 4.35. The summed E-state index contributed by atoms with van der Waals surface area (Å²) in [5, 5.41) is 0. The molecule has 1 rings (SSSR count). The third-order valence-corrected chi connectivity index (χ3v) is 1.07. The molecule has 38 valence electrons. The first kappa shape index (κ1) is 4.57. The first-order chi connectivity index (χ1) is 3.39. The number of hydrogen-bond donors (Lipinski definition) is 0. The smallest absolute Gasteiger partial charge is 0.0328 e. The molecule has 1 heteroatoms. The molecular formula is C6H9N. The Morgan fingerprint density at radius 1 is 1.71 bits per heavy atom. The quantitative estimate of drug-likeness (QED) is 0.434. The van der Waals surface area contributed by atoms with Crippen molar-refractivity contribution in [2.45, 2.75) is 19.3 Å². The van der Waals surface area contributed by atoms with Gasteiger partial charge in [0.2, 0.25) is 0 Å². The molecule has 1 aliphatic heterocycles. The van der Waals surface area contributed by atoms with Crippen molar-refractivity contribution in [1.29, 1.82) is 0 Å². The van der Waals surface area contributed by atoms with Crippen LogP contribution in [0.1, 0.15) is 19.3 Å². The van der Waals surface area contributed by atoms with E-state index >= 15 is 0 Å². The maximum Gasteiger partial charge on any atom is 0.0328 e. The van der Waals surface area contributed by atoms with Crippen LogP contribution in [0.2, 0.25) is 0 Å². The minimum atomic E-state index is 1.03. The highest BCUT2D eigenvalue weighted by Gasteiger charge is 1.93. The van der Waals surface area contributed by atoms with Gasteiger partial charge in [0.1, 0.15) is 0 Å². The Labute approximate surface area is 43.8 Å². The van der Waals surface area contributed by atoms with Crippen LogP contribution in [0, 0.1) is 0 Å². The molecule has 0 atom stereocenters. The molecule has 0 N–H and O–H groups in total. The third-order valence-electron chi connectivity index (χ3n) is 1.07. The molecule has 0 saturated heterocycles. The van der Waals surface area contributed by atoms with Crippen LogP contribution in [0.15, 0.2) is 17.3 Å². The normalized spacial score (nSPS) is 20.3. The van der Waals surface area contributed by atoms with Crippen LogP contribution in [-0.4, -0.2) is 6.21 Å². The summed E-state index contributed by atoms with van der Waals surface area (Å²) in [5.41, 5.74) is 1.03. The maximum absolute atomic E-state index is 4.01. The Hall–Kier alpha value is -0.590. The Morgan fingerprint density at radius 2 is 2.57 bits per heavy atom. The van der Waals surface area contributed by atoms with Gasteiger partial charge in [-0.15, -0.1) is 0 Å². The van der Waals surface area contributed by atoms with E-state index in [0.717, 1.165) is 18.5 Å². The predicted octanol–water partition coefficient (Wildman–Crippen LogP) is 1.75. The number of rotatable bonds is 0. The molecule has 0 unspecified atom stereocenters. The standard InChI is InChI=1S/C6H9N/c1-6-4-2-3-5-7-6/h5H,1-4H2. The first-order valence-electron chi connectivity index (χ1n) is 2.60. The number of aliphatic imine (C=N–C) groups is 1. The van der Waals surface area contributed by atoms with E-state index in [1.165, 1.54) is 6.42 Å². The summed E-state index contributed by atoms with van der Waals surface area (Å²) in [5.74, 6) is 0. The Balaban J connectivity index is 2.51. The molecule has 0 radical (unpaired) electrons. The van der Waals surface area contributed by atoms with E-state index in [9.17, 15) is 0 Å². The monoisotopic (exact) mass is 95.1 g/mol. The lowest BCUT2D eigenvalue weighted by Gasteiger charge is -2.01.